The minimum Gasteiger partial charge on any atom is -0.373 e. The Morgan fingerprint density at radius 2 is 2.00 bits per heavy atom. The van der Waals surface area contributed by atoms with E-state index in [2.05, 4.69) is 15.6 Å². The van der Waals surface area contributed by atoms with Crippen LogP contribution in [0.4, 0.5) is 13.2 Å². The predicted molar refractivity (Wildman–Crippen MR) is 90.6 cm³/mol. The first-order valence-corrected chi connectivity index (χ1v) is 8.82. The van der Waals surface area contributed by atoms with Crippen LogP contribution in [0.15, 0.2) is 29.3 Å². The third-order valence-electron chi connectivity index (χ3n) is 4.72. The number of halogens is 3. The Balaban J connectivity index is 1.53. The molecule has 2 N–H and O–H groups in total. The summed E-state index contributed by atoms with van der Waals surface area (Å²) in [4.78, 5) is 4.54. The van der Waals surface area contributed by atoms with Crippen molar-refractivity contribution >= 4 is 5.96 Å². The van der Waals surface area contributed by atoms with Gasteiger partial charge in [0.1, 0.15) is 0 Å². The smallest absolute Gasteiger partial charge is 0.373 e. The molecule has 2 aliphatic rings. The molecule has 0 amide bonds. The second-order valence-electron chi connectivity index (χ2n) is 6.57. The van der Waals surface area contributed by atoms with Crippen molar-refractivity contribution in [1.82, 2.24) is 10.6 Å². The number of benzene rings is 1. The predicted octanol–water partition coefficient (Wildman–Crippen LogP) is 3.12. The fourth-order valence-electron chi connectivity index (χ4n) is 3.44. The van der Waals surface area contributed by atoms with E-state index >= 15 is 0 Å². The highest BCUT2D eigenvalue weighted by Crippen LogP contribution is 2.34. The molecule has 0 aromatic heterocycles. The fourth-order valence-corrected chi connectivity index (χ4v) is 3.44. The lowest BCUT2D eigenvalue weighted by Crippen LogP contribution is -2.47. The molecule has 0 saturated carbocycles. The van der Waals surface area contributed by atoms with E-state index in [0.717, 1.165) is 49.5 Å². The Morgan fingerprint density at radius 1 is 1.24 bits per heavy atom. The van der Waals surface area contributed by atoms with Crippen molar-refractivity contribution in [3.8, 4) is 0 Å². The minimum absolute atomic E-state index is 0.267. The molecule has 2 bridgehead atoms. The van der Waals surface area contributed by atoms with Gasteiger partial charge in [0, 0.05) is 13.1 Å². The summed E-state index contributed by atoms with van der Waals surface area (Å²) in [6.45, 7) is 3.28. The zero-order valence-electron chi connectivity index (χ0n) is 14.3. The van der Waals surface area contributed by atoms with Crippen LogP contribution in [0.25, 0.3) is 0 Å². The zero-order chi connectivity index (χ0) is 17.9. The van der Waals surface area contributed by atoms with Gasteiger partial charge in [0.15, 0.2) is 5.96 Å². The molecule has 1 aromatic rings. The average molecular weight is 355 g/mol. The second kappa shape index (κ2) is 7.64. The second-order valence-corrected chi connectivity index (χ2v) is 6.57. The monoisotopic (exact) mass is 355 g/mol. The highest BCUT2D eigenvalue weighted by molar-refractivity contribution is 5.80. The Labute approximate surface area is 145 Å². The lowest BCUT2D eigenvalue weighted by Gasteiger charge is -2.22. The summed E-state index contributed by atoms with van der Waals surface area (Å²) < 4.78 is 43.6. The molecule has 138 valence electrons. The van der Waals surface area contributed by atoms with E-state index in [1.165, 1.54) is 12.1 Å². The van der Waals surface area contributed by atoms with Crippen molar-refractivity contribution in [1.29, 1.82) is 0 Å². The van der Waals surface area contributed by atoms with Gasteiger partial charge < -0.3 is 15.4 Å². The molecular weight excluding hydrogens is 331 g/mol. The minimum atomic E-state index is -4.29. The molecule has 0 spiro atoms. The van der Waals surface area contributed by atoms with Crippen LogP contribution in [0.1, 0.15) is 37.3 Å². The number of rotatable bonds is 5. The van der Waals surface area contributed by atoms with Crippen molar-refractivity contribution in [3.05, 3.63) is 35.4 Å². The van der Waals surface area contributed by atoms with Crippen LogP contribution in [0.2, 0.25) is 0 Å². The molecule has 2 aliphatic heterocycles. The van der Waals surface area contributed by atoms with Crippen molar-refractivity contribution < 1.29 is 17.9 Å². The van der Waals surface area contributed by atoms with Gasteiger partial charge in [-0.15, -0.1) is 0 Å². The maximum absolute atomic E-state index is 12.6. The maximum Gasteiger partial charge on any atom is 0.416 e. The Hall–Kier alpha value is -1.76. The SMILES string of the molecule is CCNC(=NCCc1ccc(C(F)(F)F)cc1)NC1CC2CCC1O2. The quantitative estimate of drug-likeness (QED) is 0.630. The van der Waals surface area contributed by atoms with E-state index in [4.69, 9.17) is 4.74 Å². The highest BCUT2D eigenvalue weighted by atomic mass is 19.4. The maximum atomic E-state index is 12.6. The summed E-state index contributed by atoms with van der Waals surface area (Å²) in [6.07, 6.45) is 0.191. The Kier molecular flexibility index (Phi) is 5.51. The molecule has 2 fully saturated rings. The van der Waals surface area contributed by atoms with E-state index in [1.54, 1.807) is 0 Å². The van der Waals surface area contributed by atoms with E-state index in [-0.39, 0.29) is 6.10 Å². The van der Waals surface area contributed by atoms with Crippen molar-refractivity contribution in [2.24, 2.45) is 4.99 Å². The average Bonchev–Trinajstić information content (AvgIpc) is 3.17. The van der Waals surface area contributed by atoms with Crippen LogP contribution in [0, 0.1) is 0 Å². The number of fused-ring (bicyclic) bond motifs is 2. The first kappa shape index (κ1) is 18.0. The van der Waals surface area contributed by atoms with Crippen molar-refractivity contribution in [3.63, 3.8) is 0 Å². The normalized spacial score (nSPS) is 26.1. The van der Waals surface area contributed by atoms with Crippen LogP contribution >= 0.6 is 0 Å². The number of aliphatic imine (C=N–C) groups is 1. The van der Waals surface area contributed by atoms with Crippen LogP contribution in [-0.4, -0.2) is 37.3 Å². The molecule has 3 rings (SSSR count). The third kappa shape index (κ3) is 4.66. The number of guanidine groups is 1. The van der Waals surface area contributed by atoms with Gasteiger partial charge in [0.05, 0.1) is 23.8 Å². The Morgan fingerprint density at radius 3 is 2.56 bits per heavy atom. The molecule has 1 aromatic carbocycles. The topological polar surface area (TPSA) is 45.7 Å². The number of hydrogen-bond donors (Lipinski definition) is 2. The molecule has 0 radical (unpaired) electrons. The summed E-state index contributed by atoms with van der Waals surface area (Å²) in [5.41, 5.74) is 0.224. The molecular formula is C18H24F3N3O. The fraction of sp³-hybridized carbons (Fsp3) is 0.611. The van der Waals surface area contributed by atoms with Crippen molar-refractivity contribution in [2.45, 2.75) is 57.0 Å². The van der Waals surface area contributed by atoms with Gasteiger partial charge in [0.2, 0.25) is 0 Å². The van der Waals surface area contributed by atoms with E-state index in [9.17, 15) is 13.2 Å². The number of nitrogens with one attached hydrogen (secondary N) is 2. The number of ether oxygens (including phenoxy) is 1. The lowest BCUT2D eigenvalue weighted by molar-refractivity contribution is -0.137. The molecule has 2 heterocycles. The largest absolute Gasteiger partial charge is 0.416 e. The van der Waals surface area contributed by atoms with E-state index in [1.807, 2.05) is 6.92 Å². The summed E-state index contributed by atoms with van der Waals surface area (Å²) in [5, 5.41) is 6.65. The lowest BCUT2D eigenvalue weighted by atomic mass is 9.96. The van der Waals surface area contributed by atoms with Crippen LogP contribution in [-0.2, 0) is 17.3 Å². The molecule has 4 nitrogen and oxygen atoms in total. The molecule has 2 saturated heterocycles. The molecule has 3 atom stereocenters. The van der Waals surface area contributed by atoms with Crippen LogP contribution in [0.5, 0.6) is 0 Å². The van der Waals surface area contributed by atoms with Gasteiger partial charge in [-0.05, 0) is 50.3 Å². The highest BCUT2D eigenvalue weighted by Gasteiger charge is 2.41. The summed E-state index contributed by atoms with van der Waals surface area (Å²) >= 11 is 0. The first-order chi connectivity index (χ1) is 12.0. The zero-order valence-corrected chi connectivity index (χ0v) is 14.3. The molecule has 7 heteroatoms. The van der Waals surface area contributed by atoms with Gasteiger partial charge >= 0.3 is 6.18 Å². The van der Waals surface area contributed by atoms with Crippen LogP contribution in [0.3, 0.4) is 0 Å². The summed E-state index contributed by atoms with van der Waals surface area (Å²) in [5.74, 6) is 0.746. The summed E-state index contributed by atoms with van der Waals surface area (Å²) in [7, 11) is 0. The van der Waals surface area contributed by atoms with Crippen LogP contribution < -0.4 is 10.6 Å². The third-order valence-corrected chi connectivity index (χ3v) is 4.72. The number of hydrogen-bond acceptors (Lipinski definition) is 2. The first-order valence-electron chi connectivity index (χ1n) is 8.82. The van der Waals surface area contributed by atoms with Gasteiger partial charge in [-0.2, -0.15) is 13.2 Å². The standard InChI is InChI=1S/C18H24F3N3O/c1-2-22-17(24-15-11-14-7-8-16(15)25-14)23-10-9-12-3-5-13(6-4-12)18(19,20)21/h3-6,14-16H,2,7-11H2,1H3,(H2,22,23,24). The van der Waals surface area contributed by atoms with Gasteiger partial charge in [0.25, 0.3) is 0 Å². The Bertz CT molecular complexity index is 601. The van der Waals surface area contributed by atoms with Gasteiger partial charge in [-0.25, -0.2) is 0 Å². The molecule has 25 heavy (non-hydrogen) atoms. The molecule has 3 unspecified atom stereocenters. The number of nitrogens with zero attached hydrogens (tertiary/aromatic N) is 1. The van der Waals surface area contributed by atoms with Gasteiger partial charge in [-0.3, -0.25) is 4.99 Å². The van der Waals surface area contributed by atoms with Crippen molar-refractivity contribution in [2.75, 3.05) is 13.1 Å². The number of alkyl halides is 3. The summed E-state index contributed by atoms with van der Waals surface area (Å²) in [6, 6.07) is 5.57. The van der Waals surface area contributed by atoms with E-state index in [0.29, 0.717) is 25.1 Å². The van der Waals surface area contributed by atoms with E-state index < -0.39 is 11.7 Å². The molecule has 0 aliphatic carbocycles. The van der Waals surface area contributed by atoms with Gasteiger partial charge in [-0.1, -0.05) is 12.1 Å².